The number of hydrogen-bond acceptors (Lipinski definition) is 5. The largest absolute Gasteiger partial charge is 0.391 e. The summed E-state index contributed by atoms with van der Waals surface area (Å²) in [4.78, 5) is 9.08. The Morgan fingerprint density at radius 2 is 1.81 bits per heavy atom. The van der Waals surface area contributed by atoms with Crippen molar-refractivity contribution in [2.75, 3.05) is 19.0 Å². The van der Waals surface area contributed by atoms with Crippen LogP contribution in [-0.2, 0) is 16.8 Å². The molecule has 0 fully saturated rings. The fourth-order valence-electron chi connectivity index (χ4n) is 1.65. The summed E-state index contributed by atoms with van der Waals surface area (Å²) in [5.74, 6) is 1.50. The molecule has 5 heteroatoms. The minimum absolute atomic E-state index is 0.136. The molecule has 0 aromatic carbocycles. The van der Waals surface area contributed by atoms with Gasteiger partial charge in [0.15, 0.2) is 0 Å². The van der Waals surface area contributed by atoms with E-state index >= 15 is 0 Å². The van der Waals surface area contributed by atoms with Gasteiger partial charge in [-0.3, -0.25) is 0 Å². The normalized spacial score (nSPS) is 14.1. The second-order valence-corrected chi connectivity index (χ2v) is 7.51. The van der Waals surface area contributed by atoms with Crippen molar-refractivity contribution in [2.24, 2.45) is 5.41 Å². The molecular weight excluding hydrogens is 266 g/mol. The molecule has 0 radical (unpaired) electrons. The third kappa shape index (κ3) is 5.59. The topological polar surface area (TPSA) is 67.3 Å². The molecule has 0 spiro atoms. The van der Waals surface area contributed by atoms with E-state index in [0.717, 1.165) is 17.3 Å². The van der Waals surface area contributed by atoms with E-state index in [9.17, 15) is 5.11 Å². The van der Waals surface area contributed by atoms with Crippen LogP contribution in [0, 0.1) is 5.41 Å². The Morgan fingerprint density at radius 1 is 1.19 bits per heavy atom. The third-order valence-electron chi connectivity index (χ3n) is 3.22. The van der Waals surface area contributed by atoms with Crippen LogP contribution in [-0.4, -0.2) is 34.8 Å². The quantitative estimate of drug-likeness (QED) is 0.874. The summed E-state index contributed by atoms with van der Waals surface area (Å²) in [6.45, 7) is 13.2. The van der Waals surface area contributed by atoms with Gasteiger partial charge >= 0.3 is 0 Å². The van der Waals surface area contributed by atoms with Gasteiger partial charge in [-0.1, -0.05) is 41.5 Å². The molecular formula is C16H29N3O2. The first-order valence-corrected chi connectivity index (χ1v) is 7.33. The maximum absolute atomic E-state index is 10.1. The van der Waals surface area contributed by atoms with Crippen LogP contribution in [0.3, 0.4) is 0 Å². The van der Waals surface area contributed by atoms with E-state index in [1.165, 1.54) is 0 Å². The standard InChI is InChI=1S/C16H29N3O2/c1-15(2,3)12(20)9-17-13-8-11(10-21-7)18-14(19-13)16(4,5)6/h8,12,20H,9-10H2,1-7H3,(H,17,18,19). The van der Waals surface area contributed by atoms with E-state index < -0.39 is 6.10 Å². The Hall–Kier alpha value is -1.20. The summed E-state index contributed by atoms with van der Waals surface area (Å²) in [6.07, 6.45) is -0.448. The van der Waals surface area contributed by atoms with Crippen LogP contribution in [0.25, 0.3) is 0 Å². The van der Waals surface area contributed by atoms with Crippen molar-refractivity contribution in [3.05, 3.63) is 17.6 Å². The van der Waals surface area contributed by atoms with Gasteiger partial charge in [-0.05, 0) is 5.41 Å². The molecule has 0 aliphatic carbocycles. The van der Waals surface area contributed by atoms with E-state index in [4.69, 9.17) is 4.74 Å². The highest BCUT2D eigenvalue weighted by atomic mass is 16.5. The number of hydrogen-bond donors (Lipinski definition) is 2. The minimum Gasteiger partial charge on any atom is -0.391 e. The first kappa shape index (κ1) is 17.9. The number of nitrogens with one attached hydrogen (secondary N) is 1. The van der Waals surface area contributed by atoms with Gasteiger partial charge in [0, 0.05) is 25.1 Å². The van der Waals surface area contributed by atoms with E-state index in [2.05, 4.69) is 36.1 Å². The van der Waals surface area contributed by atoms with Crippen LogP contribution in [0.15, 0.2) is 6.07 Å². The maximum Gasteiger partial charge on any atom is 0.136 e. The zero-order valence-electron chi connectivity index (χ0n) is 14.3. The monoisotopic (exact) mass is 295 g/mol. The molecule has 21 heavy (non-hydrogen) atoms. The number of ether oxygens (including phenoxy) is 1. The average Bonchev–Trinajstić information content (AvgIpc) is 2.34. The van der Waals surface area contributed by atoms with Gasteiger partial charge in [0.05, 0.1) is 18.4 Å². The van der Waals surface area contributed by atoms with Crippen molar-refractivity contribution >= 4 is 5.82 Å². The van der Waals surface area contributed by atoms with Gasteiger partial charge in [0.25, 0.3) is 0 Å². The Labute approximate surface area is 128 Å². The molecule has 1 heterocycles. The summed E-state index contributed by atoms with van der Waals surface area (Å²) in [5.41, 5.74) is 0.538. The van der Waals surface area contributed by atoms with Crippen LogP contribution >= 0.6 is 0 Å². The number of aliphatic hydroxyl groups excluding tert-OH is 1. The van der Waals surface area contributed by atoms with Crippen LogP contribution in [0.2, 0.25) is 0 Å². The molecule has 0 aliphatic rings. The lowest BCUT2D eigenvalue weighted by molar-refractivity contribution is 0.0745. The summed E-state index contributed by atoms with van der Waals surface area (Å²) < 4.78 is 5.16. The molecule has 1 atom stereocenters. The Bertz CT molecular complexity index is 462. The Morgan fingerprint density at radius 3 is 2.29 bits per heavy atom. The van der Waals surface area contributed by atoms with Crippen LogP contribution < -0.4 is 5.32 Å². The zero-order chi connectivity index (χ0) is 16.3. The third-order valence-corrected chi connectivity index (χ3v) is 3.22. The van der Waals surface area contributed by atoms with E-state index in [0.29, 0.717) is 13.2 Å². The fourth-order valence-corrected chi connectivity index (χ4v) is 1.65. The molecule has 120 valence electrons. The van der Waals surface area contributed by atoms with Gasteiger partial charge in [-0.2, -0.15) is 0 Å². The zero-order valence-corrected chi connectivity index (χ0v) is 14.3. The summed E-state index contributed by atoms with van der Waals surface area (Å²) in [6, 6.07) is 1.87. The highest BCUT2D eigenvalue weighted by molar-refractivity contribution is 5.37. The maximum atomic E-state index is 10.1. The lowest BCUT2D eigenvalue weighted by atomic mass is 9.89. The molecule has 0 saturated heterocycles. The number of methoxy groups -OCH3 is 1. The van der Waals surface area contributed by atoms with Crippen LogP contribution in [0.5, 0.6) is 0 Å². The molecule has 1 aromatic rings. The Balaban J connectivity index is 2.93. The predicted octanol–water partition coefficient (Wildman–Crippen LogP) is 2.74. The smallest absolute Gasteiger partial charge is 0.136 e. The SMILES string of the molecule is COCc1cc(NCC(O)C(C)(C)C)nc(C(C)(C)C)n1. The molecule has 1 aromatic heterocycles. The molecule has 1 rings (SSSR count). The number of aromatic nitrogens is 2. The predicted molar refractivity (Wildman–Crippen MR) is 85.4 cm³/mol. The van der Waals surface area contributed by atoms with Gasteiger partial charge in [0.1, 0.15) is 11.6 Å². The van der Waals surface area contributed by atoms with Gasteiger partial charge in [-0.25, -0.2) is 9.97 Å². The second kappa shape index (κ2) is 6.71. The lowest BCUT2D eigenvalue weighted by Crippen LogP contribution is -2.33. The number of rotatable bonds is 5. The highest BCUT2D eigenvalue weighted by Crippen LogP contribution is 2.22. The lowest BCUT2D eigenvalue weighted by Gasteiger charge is -2.26. The number of nitrogens with zero attached hydrogens (tertiary/aromatic N) is 2. The van der Waals surface area contributed by atoms with E-state index in [1.807, 2.05) is 26.8 Å². The van der Waals surface area contributed by atoms with Crippen molar-refractivity contribution in [3.63, 3.8) is 0 Å². The molecule has 5 nitrogen and oxygen atoms in total. The molecule has 0 bridgehead atoms. The highest BCUT2D eigenvalue weighted by Gasteiger charge is 2.23. The Kier molecular flexibility index (Phi) is 5.70. The molecule has 2 N–H and O–H groups in total. The molecule has 0 aliphatic heterocycles. The van der Waals surface area contributed by atoms with Gasteiger partial charge in [-0.15, -0.1) is 0 Å². The van der Waals surface area contributed by atoms with Crippen molar-refractivity contribution in [1.29, 1.82) is 0 Å². The van der Waals surface area contributed by atoms with Crippen LogP contribution in [0.4, 0.5) is 5.82 Å². The molecule has 0 amide bonds. The summed E-state index contributed by atoms with van der Waals surface area (Å²) in [5, 5.41) is 13.3. The summed E-state index contributed by atoms with van der Waals surface area (Å²) >= 11 is 0. The van der Waals surface area contributed by atoms with Crippen molar-refractivity contribution in [1.82, 2.24) is 9.97 Å². The second-order valence-electron chi connectivity index (χ2n) is 7.51. The minimum atomic E-state index is -0.448. The van der Waals surface area contributed by atoms with Crippen molar-refractivity contribution in [2.45, 2.75) is 59.7 Å². The van der Waals surface area contributed by atoms with E-state index in [-0.39, 0.29) is 10.8 Å². The molecule has 0 saturated carbocycles. The van der Waals surface area contributed by atoms with E-state index in [1.54, 1.807) is 7.11 Å². The van der Waals surface area contributed by atoms with Crippen LogP contribution in [0.1, 0.15) is 53.1 Å². The first-order chi connectivity index (χ1) is 9.54. The average molecular weight is 295 g/mol. The van der Waals surface area contributed by atoms with Crippen molar-refractivity contribution in [3.8, 4) is 0 Å². The van der Waals surface area contributed by atoms with Gasteiger partial charge < -0.3 is 15.2 Å². The number of anilines is 1. The fraction of sp³-hybridized carbons (Fsp3) is 0.750. The molecule has 1 unspecified atom stereocenters. The summed E-state index contributed by atoms with van der Waals surface area (Å²) in [7, 11) is 1.65. The number of aliphatic hydroxyl groups is 1. The van der Waals surface area contributed by atoms with Crippen molar-refractivity contribution < 1.29 is 9.84 Å². The van der Waals surface area contributed by atoms with Gasteiger partial charge in [0.2, 0.25) is 0 Å². The first-order valence-electron chi connectivity index (χ1n) is 7.33.